The van der Waals surface area contributed by atoms with E-state index in [0.29, 0.717) is 6.42 Å². The van der Waals surface area contributed by atoms with Crippen molar-refractivity contribution in [2.45, 2.75) is 25.5 Å². The average Bonchev–Trinajstić information content (AvgIpc) is 3.21. The van der Waals surface area contributed by atoms with Gasteiger partial charge in [0.2, 0.25) is 0 Å². The normalized spacial score (nSPS) is 18.6. The summed E-state index contributed by atoms with van der Waals surface area (Å²) >= 11 is 0. The first-order valence-corrected chi connectivity index (χ1v) is 9.14. The second-order valence-electron chi connectivity index (χ2n) is 7.04. The number of fused-ring (bicyclic) bond motifs is 2. The Morgan fingerprint density at radius 3 is 2.67 bits per heavy atom. The zero-order chi connectivity index (χ0) is 18.4. The van der Waals surface area contributed by atoms with Crippen molar-refractivity contribution >= 4 is 11.5 Å². The predicted octanol–water partition coefficient (Wildman–Crippen LogP) is 3.77. The molecule has 4 aromatic rings. The molecule has 27 heavy (non-hydrogen) atoms. The van der Waals surface area contributed by atoms with Gasteiger partial charge in [-0.05, 0) is 18.1 Å². The van der Waals surface area contributed by atoms with E-state index in [2.05, 4.69) is 22.5 Å². The molecule has 1 aliphatic rings. The summed E-state index contributed by atoms with van der Waals surface area (Å²) in [5.74, 6) is 0.827. The number of nitrogens with zero attached hydrogens (tertiary/aromatic N) is 3. The number of hydrogen-bond acceptors (Lipinski definition) is 4. The Hall–Kier alpha value is -3.18. The van der Waals surface area contributed by atoms with E-state index in [9.17, 15) is 5.11 Å². The number of hydrogen-bond donors (Lipinski definition) is 2. The van der Waals surface area contributed by atoms with Gasteiger partial charge >= 0.3 is 0 Å². The van der Waals surface area contributed by atoms with Crippen LogP contribution in [0, 0.1) is 6.92 Å². The SMILES string of the molecule is Cc1cc2nc(-c3ccccc3)cc(N[C@@H]3c4ccccc4C[C@@H]3O)n2n1. The van der Waals surface area contributed by atoms with Crippen molar-refractivity contribution in [3.63, 3.8) is 0 Å². The topological polar surface area (TPSA) is 62.5 Å². The largest absolute Gasteiger partial charge is 0.390 e. The zero-order valence-corrected chi connectivity index (χ0v) is 15.0. The maximum Gasteiger partial charge on any atom is 0.158 e. The third-order valence-corrected chi connectivity index (χ3v) is 5.13. The molecule has 1 aliphatic carbocycles. The lowest BCUT2D eigenvalue weighted by Crippen LogP contribution is -2.22. The molecule has 0 saturated carbocycles. The van der Waals surface area contributed by atoms with E-state index in [4.69, 9.17) is 4.98 Å². The van der Waals surface area contributed by atoms with Crippen molar-refractivity contribution < 1.29 is 5.11 Å². The molecule has 2 heterocycles. The summed E-state index contributed by atoms with van der Waals surface area (Å²) in [5, 5.41) is 18.7. The van der Waals surface area contributed by atoms with E-state index in [1.807, 2.05) is 66.0 Å². The molecule has 0 radical (unpaired) electrons. The number of benzene rings is 2. The van der Waals surface area contributed by atoms with Crippen LogP contribution in [0.5, 0.6) is 0 Å². The quantitative estimate of drug-likeness (QED) is 0.586. The molecule has 0 aliphatic heterocycles. The maximum atomic E-state index is 10.6. The van der Waals surface area contributed by atoms with Gasteiger partial charge in [-0.1, -0.05) is 54.6 Å². The minimum absolute atomic E-state index is 0.167. The van der Waals surface area contributed by atoms with E-state index >= 15 is 0 Å². The summed E-state index contributed by atoms with van der Waals surface area (Å²) in [6, 6.07) is 22.1. The van der Waals surface area contributed by atoms with E-state index in [1.165, 1.54) is 5.56 Å². The molecule has 0 saturated heterocycles. The van der Waals surface area contributed by atoms with Crippen LogP contribution in [0.2, 0.25) is 0 Å². The van der Waals surface area contributed by atoms with Crippen molar-refractivity contribution in [1.82, 2.24) is 14.6 Å². The van der Waals surface area contributed by atoms with Gasteiger partial charge in [-0.3, -0.25) is 0 Å². The Kier molecular flexibility index (Phi) is 3.69. The first kappa shape index (κ1) is 16.0. The molecule has 0 fully saturated rings. The monoisotopic (exact) mass is 356 g/mol. The average molecular weight is 356 g/mol. The van der Waals surface area contributed by atoms with Crippen LogP contribution in [-0.4, -0.2) is 25.8 Å². The van der Waals surface area contributed by atoms with Gasteiger partial charge in [0, 0.05) is 24.1 Å². The Balaban J connectivity index is 1.62. The molecule has 2 atom stereocenters. The summed E-state index contributed by atoms with van der Waals surface area (Å²) in [7, 11) is 0. The van der Waals surface area contributed by atoms with Crippen molar-refractivity contribution in [2.24, 2.45) is 0 Å². The number of anilines is 1. The highest BCUT2D eigenvalue weighted by Gasteiger charge is 2.31. The van der Waals surface area contributed by atoms with Gasteiger partial charge in [-0.2, -0.15) is 9.61 Å². The minimum Gasteiger partial charge on any atom is -0.390 e. The third kappa shape index (κ3) is 2.76. The zero-order valence-electron chi connectivity index (χ0n) is 15.0. The Morgan fingerprint density at radius 2 is 1.81 bits per heavy atom. The summed E-state index contributed by atoms with van der Waals surface area (Å²) < 4.78 is 1.81. The number of nitrogens with one attached hydrogen (secondary N) is 1. The molecule has 5 nitrogen and oxygen atoms in total. The van der Waals surface area contributed by atoms with Gasteiger partial charge in [-0.15, -0.1) is 0 Å². The maximum absolute atomic E-state index is 10.6. The van der Waals surface area contributed by atoms with Crippen LogP contribution in [0.4, 0.5) is 5.82 Å². The van der Waals surface area contributed by atoms with Gasteiger partial charge in [-0.25, -0.2) is 4.98 Å². The molecule has 5 rings (SSSR count). The summed E-state index contributed by atoms with van der Waals surface area (Å²) in [6.07, 6.45) is 0.189. The summed E-state index contributed by atoms with van der Waals surface area (Å²) in [4.78, 5) is 4.76. The molecule has 0 bridgehead atoms. The Labute approximate surface area is 157 Å². The predicted molar refractivity (Wildman–Crippen MR) is 106 cm³/mol. The lowest BCUT2D eigenvalue weighted by Gasteiger charge is -2.20. The summed E-state index contributed by atoms with van der Waals surface area (Å²) in [6.45, 7) is 1.96. The van der Waals surface area contributed by atoms with Crippen LogP contribution >= 0.6 is 0 Å². The van der Waals surface area contributed by atoms with Crippen LogP contribution in [0.25, 0.3) is 16.9 Å². The number of rotatable bonds is 3. The van der Waals surface area contributed by atoms with Crippen molar-refractivity contribution in [3.8, 4) is 11.3 Å². The van der Waals surface area contributed by atoms with Crippen molar-refractivity contribution in [1.29, 1.82) is 0 Å². The molecule has 2 aromatic carbocycles. The Bertz CT molecular complexity index is 1120. The first-order chi connectivity index (χ1) is 13.2. The number of aliphatic hydroxyl groups excluding tert-OH is 1. The van der Waals surface area contributed by atoms with Crippen LogP contribution < -0.4 is 5.32 Å². The fourth-order valence-corrected chi connectivity index (χ4v) is 3.86. The van der Waals surface area contributed by atoms with Gasteiger partial charge in [0.1, 0.15) is 5.82 Å². The number of aliphatic hydroxyl groups is 1. The van der Waals surface area contributed by atoms with E-state index in [1.54, 1.807) is 0 Å². The second-order valence-corrected chi connectivity index (χ2v) is 7.04. The molecule has 0 amide bonds. The fraction of sp³-hybridized carbons (Fsp3) is 0.182. The highest BCUT2D eigenvalue weighted by Crippen LogP contribution is 2.35. The lowest BCUT2D eigenvalue weighted by atomic mass is 10.1. The van der Waals surface area contributed by atoms with Crippen LogP contribution in [0.1, 0.15) is 22.9 Å². The number of aryl methyl sites for hydroxylation is 1. The van der Waals surface area contributed by atoms with E-state index < -0.39 is 6.10 Å². The molecule has 5 heteroatoms. The fourth-order valence-electron chi connectivity index (χ4n) is 3.86. The van der Waals surface area contributed by atoms with E-state index in [-0.39, 0.29) is 6.04 Å². The first-order valence-electron chi connectivity index (χ1n) is 9.14. The smallest absolute Gasteiger partial charge is 0.158 e. The van der Waals surface area contributed by atoms with Crippen molar-refractivity contribution in [2.75, 3.05) is 5.32 Å². The Morgan fingerprint density at radius 1 is 1.04 bits per heavy atom. The minimum atomic E-state index is -0.470. The molecule has 2 aromatic heterocycles. The molecular weight excluding hydrogens is 336 g/mol. The van der Waals surface area contributed by atoms with Crippen LogP contribution in [0.3, 0.4) is 0 Å². The van der Waals surface area contributed by atoms with Crippen LogP contribution in [-0.2, 0) is 6.42 Å². The summed E-state index contributed by atoms with van der Waals surface area (Å²) in [5.41, 5.74) is 5.95. The van der Waals surface area contributed by atoms with Gasteiger partial charge < -0.3 is 10.4 Å². The lowest BCUT2D eigenvalue weighted by molar-refractivity contribution is 0.165. The highest BCUT2D eigenvalue weighted by atomic mass is 16.3. The van der Waals surface area contributed by atoms with E-state index in [0.717, 1.165) is 34.0 Å². The van der Waals surface area contributed by atoms with Gasteiger partial charge in [0.25, 0.3) is 0 Å². The molecular formula is C22H20N4O. The molecule has 2 N–H and O–H groups in total. The van der Waals surface area contributed by atoms with Gasteiger partial charge in [0.05, 0.1) is 23.5 Å². The molecule has 0 spiro atoms. The molecule has 134 valence electrons. The molecule has 0 unspecified atom stereocenters. The van der Waals surface area contributed by atoms with Gasteiger partial charge in [0.15, 0.2) is 5.65 Å². The van der Waals surface area contributed by atoms with Crippen LogP contribution in [0.15, 0.2) is 66.7 Å². The van der Waals surface area contributed by atoms with Crippen molar-refractivity contribution in [3.05, 3.63) is 83.6 Å². The standard InChI is InChI=1S/C22H20N4O/c1-14-11-20-23-18(15-7-3-2-4-8-15)13-21(26(20)25-14)24-22-17-10-6-5-9-16(17)12-19(22)27/h2-11,13,19,22,24,27H,12H2,1H3/t19-,22+/m0/s1. The highest BCUT2D eigenvalue weighted by molar-refractivity contribution is 5.67. The number of aromatic nitrogens is 3. The second kappa shape index (κ2) is 6.21. The third-order valence-electron chi connectivity index (χ3n) is 5.13.